The highest BCUT2D eigenvalue weighted by Gasteiger charge is 2.36. The molecule has 1 heterocycles. The van der Waals surface area contributed by atoms with Crippen molar-refractivity contribution in [2.75, 3.05) is 0 Å². The first kappa shape index (κ1) is 15.6. The largest absolute Gasteiger partial charge is 0.480 e. The van der Waals surface area contributed by atoms with Crippen LogP contribution in [0.4, 0.5) is 0 Å². The lowest BCUT2D eigenvalue weighted by Crippen LogP contribution is -2.52. The van der Waals surface area contributed by atoms with Gasteiger partial charge in [-0.05, 0) is 29.2 Å². The van der Waals surface area contributed by atoms with Crippen molar-refractivity contribution in [1.82, 2.24) is 5.32 Å². The fourth-order valence-corrected chi connectivity index (χ4v) is 2.44. The Morgan fingerprint density at radius 1 is 1.43 bits per heavy atom. The van der Waals surface area contributed by atoms with Gasteiger partial charge in [0.25, 0.3) is 5.91 Å². The molecule has 0 saturated heterocycles. The standard InChI is InChI=1S/C15H18ClNO4/c1-15(2,3)12(14(19)20)17-13(18)11-7-8-6-9(16)4-5-10(8)21-11/h4-6,11-12H,7H2,1-3H3,(H,17,18)(H,19,20). The third kappa shape index (κ3) is 3.47. The second kappa shape index (κ2) is 5.56. The van der Waals surface area contributed by atoms with Crippen molar-refractivity contribution in [1.29, 1.82) is 0 Å². The third-order valence-corrected chi connectivity index (χ3v) is 3.62. The summed E-state index contributed by atoms with van der Waals surface area (Å²) in [5, 5.41) is 12.4. The zero-order valence-corrected chi connectivity index (χ0v) is 12.9. The molecule has 1 aromatic carbocycles. The number of carbonyl (C=O) groups is 2. The normalized spacial score (nSPS) is 18.6. The van der Waals surface area contributed by atoms with Crippen LogP contribution < -0.4 is 10.1 Å². The lowest BCUT2D eigenvalue weighted by atomic mass is 9.86. The van der Waals surface area contributed by atoms with Crippen molar-refractivity contribution < 1.29 is 19.4 Å². The SMILES string of the molecule is CC(C)(C)C(NC(=O)C1Cc2cc(Cl)ccc2O1)C(=O)O. The molecular formula is C15H18ClNO4. The Kier molecular flexibility index (Phi) is 4.14. The van der Waals surface area contributed by atoms with Crippen molar-refractivity contribution in [2.45, 2.75) is 39.3 Å². The number of halogens is 1. The van der Waals surface area contributed by atoms with Crippen LogP contribution >= 0.6 is 11.6 Å². The molecule has 0 fully saturated rings. The fourth-order valence-electron chi connectivity index (χ4n) is 2.25. The van der Waals surface area contributed by atoms with Crippen LogP contribution in [-0.2, 0) is 16.0 Å². The van der Waals surface area contributed by atoms with Gasteiger partial charge in [0.1, 0.15) is 11.8 Å². The number of nitrogens with one attached hydrogen (secondary N) is 1. The van der Waals surface area contributed by atoms with Gasteiger partial charge in [-0.15, -0.1) is 0 Å². The Morgan fingerprint density at radius 3 is 2.67 bits per heavy atom. The molecule has 2 atom stereocenters. The number of benzene rings is 1. The summed E-state index contributed by atoms with van der Waals surface area (Å²) in [6, 6.07) is 4.18. The molecule has 6 heteroatoms. The van der Waals surface area contributed by atoms with Crippen molar-refractivity contribution >= 4 is 23.5 Å². The zero-order chi connectivity index (χ0) is 15.8. The predicted octanol–water partition coefficient (Wildman–Crippen LogP) is 2.26. The fraction of sp³-hybridized carbons (Fsp3) is 0.467. The molecule has 0 spiro atoms. The summed E-state index contributed by atoms with van der Waals surface area (Å²) in [5.74, 6) is -0.874. The highest BCUT2D eigenvalue weighted by molar-refractivity contribution is 6.30. The van der Waals surface area contributed by atoms with Gasteiger partial charge < -0.3 is 15.2 Å². The van der Waals surface area contributed by atoms with Gasteiger partial charge in [-0.1, -0.05) is 32.4 Å². The molecule has 1 aliphatic rings. The van der Waals surface area contributed by atoms with Crippen molar-refractivity contribution in [3.8, 4) is 5.75 Å². The molecule has 1 aromatic rings. The van der Waals surface area contributed by atoms with Crippen LogP contribution in [-0.4, -0.2) is 29.1 Å². The van der Waals surface area contributed by atoms with Crippen LogP contribution in [0, 0.1) is 5.41 Å². The molecule has 0 bridgehead atoms. The summed E-state index contributed by atoms with van der Waals surface area (Å²) < 4.78 is 5.55. The Morgan fingerprint density at radius 2 is 2.10 bits per heavy atom. The van der Waals surface area contributed by atoms with E-state index in [2.05, 4.69) is 5.32 Å². The number of carboxylic acids is 1. The lowest BCUT2D eigenvalue weighted by molar-refractivity contribution is -0.146. The van der Waals surface area contributed by atoms with Crippen LogP contribution in [0.1, 0.15) is 26.3 Å². The third-order valence-electron chi connectivity index (χ3n) is 3.39. The van der Waals surface area contributed by atoms with E-state index < -0.39 is 29.4 Å². The average molecular weight is 312 g/mol. The minimum Gasteiger partial charge on any atom is -0.480 e. The Hall–Kier alpha value is -1.75. The summed E-state index contributed by atoms with van der Waals surface area (Å²) in [7, 11) is 0. The number of rotatable bonds is 3. The first-order valence-electron chi connectivity index (χ1n) is 6.67. The van der Waals surface area contributed by atoms with Crippen molar-refractivity contribution in [2.24, 2.45) is 5.41 Å². The van der Waals surface area contributed by atoms with Gasteiger partial charge in [-0.2, -0.15) is 0 Å². The van der Waals surface area contributed by atoms with Crippen LogP contribution in [0.2, 0.25) is 5.02 Å². The number of fused-ring (bicyclic) bond motifs is 1. The first-order valence-corrected chi connectivity index (χ1v) is 7.04. The van der Waals surface area contributed by atoms with Crippen LogP contribution in [0.15, 0.2) is 18.2 Å². The molecule has 114 valence electrons. The number of hydrogen-bond acceptors (Lipinski definition) is 3. The van der Waals surface area contributed by atoms with Gasteiger partial charge in [0, 0.05) is 11.4 Å². The van der Waals surface area contributed by atoms with Gasteiger partial charge in [-0.3, -0.25) is 4.79 Å². The van der Waals surface area contributed by atoms with E-state index in [9.17, 15) is 14.7 Å². The predicted molar refractivity (Wildman–Crippen MR) is 78.6 cm³/mol. The van der Waals surface area contributed by atoms with E-state index >= 15 is 0 Å². The number of carbonyl (C=O) groups excluding carboxylic acids is 1. The molecule has 0 aliphatic carbocycles. The molecule has 1 aliphatic heterocycles. The molecule has 0 radical (unpaired) electrons. The summed E-state index contributed by atoms with van der Waals surface area (Å²) in [6.07, 6.45) is -0.333. The molecule has 2 rings (SSSR count). The van der Waals surface area contributed by atoms with Gasteiger partial charge in [0.2, 0.25) is 0 Å². The number of hydrogen-bond donors (Lipinski definition) is 2. The van der Waals surface area contributed by atoms with Gasteiger partial charge in [0.05, 0.1) is 0 Å². The number of amides is 1. The zero-order valence-electron chi connectivity index (χ0n) is 12.1. The van der Waals surface area contributed by atoms with E-state index in [0.717, 1.165) is 5.56 Å². The Labute approximate surface area is 128 Å². The highest BCUT2D eigenvalue weighted by atomic mass is 35.5. The topological polar surface area (TPSA) is 75.6 Å². The van der Waals surface area contributed by atoms with Crippen molar-refractivity contribution in [3.05, 3.63) is 28.8 Å². The molecule has 2 unspecified atom stereocenters. The maximum absolute atomic E-state index is 12.2. The van der Waals surface area contributed by atoms with E-state index in [1.165, 1.54) is 0 Å². The summed E-state index contributed by atoms with van der Waals surface area (Å²) in [5.41, 5.74) is 0.265. The van der Waals surface area contributed by atoms with E-state index in [0.29, 0.717) is 17.2 Å². The Bertz CT molecular complexity index is 580. The second-order valence-corrected chi connectivity index (χ2v) is 6.64. The second-order valence-electron chi connectivity index (χ2n) is 6.21. The smallest absolute Gasteiger partial charge is 0.326 e. The van der Waals surface area contributed by atoms with Gasteiger partial charge in [0.15, 0.2) is 6.10 Å². The maximum atomic E-state index is 12.2. The number of carboxylic acid groups (broad SMARTS) is 1. The number of ether oxygens (including phenoxy) is 1. The van der Waals surface area contributed by atoms with Crippen LogP contribution in [0.3, 0.4) is 0 Å². The molecular weight excluding hydrogens is 294 g/mol. The van der Waals surface area contributed by atoms with Gasteiger partial charge in [-0.25, -0.2) is 4.79 Å². The summed E-state index contributed by atoms with van der Waals surface area (Å²) in [6.45, 7) is 5.28. The summed E-state index contributed by atoms with van der Waals surface area (Å²) in [4.78, 5) is 23.5. The monoisotopic (exact) mass is 311 g/mol. The molecule has 2 N–H and O–H groups in total. The number of aliphatic carboxylic acids is 1. The molecule has 5 nitrogen and oxygen atoms in total. The molecule has 0 aromatic heterocycles. The quantitative estimate of drug-likeness (QED) is 0.898. The van der Waals surface area contributed by atoms with E-state index in [1.54, 1.807) is 39.0 Å². The summed E-state index contributed by atoms with van der Waals surface area (Å²) >= 11 is 5.90. The van der Waals surface area contributed by atoms with E-state index in [-0.39, 0.29) is 0 Å². The van der Waals surface area contributed by atoms with E-state index in [1.807, 2.05) is 0 Å². The van der Waals surface area contributed by atoms with Crippen molar-refractivity contribution in [3.63, 3.8) is 0 Å². The molecule has 0 saturated carbocycles. The highest BCUT2D eigenvalue weighted by Crippen LogP contribution is 2.31. The minimum atomic E-state index is -1.06. The average Bonchev–Trinajstić information content (AvgIpc) is 2.76. The first-order chi connectivity index (χ1) is 9.68. The Balaban J connectivity index is 2.08. The van der Waals surface area contributed by atoms with Crippen LogP contribution in [0.25, 0.3) is 0 Å². The lowest BCUT2D eigenvalue weighted by Gasteiger charge is -2.28. The minimum absolute atomic E-state index is 0.387. The maximum Gasteiger partial charge on any atom is 0.326 e. The molecule has 1 amide bonds. The molecule has 21 heavy (non-hydrogen) atoms. The van der Waals surface area contributed by atoms with Crippen LogP contribution in [0.5, 0.6) is 5.75 Å². The van der Waals surface area contributed by atoms with Gasteiger partial charge >= 0.3 is 5.97 Å². The van der Waals surface area contributed by atoms with E-state index in [4.69, 9.17) is 16.3 Å².